The minimum absolute atomic E-state index is 0.0413. The lowest BCUT2D eigenvalue weighted by Gasteiger charge is -2.24. The molecule has 0 aromatic carbocycles. The van der Waals surface area contributed by atoms with Crippen LogP contribution in [0.5, 0.6) is 0 Å². The molecule has 0 radical (unpaired) electrons. The first-order valence-electron chi connectivity index (χ1n) is 3.88. The van der Waals surface area contributed by atoms with Crippen LogP contribution in [0.3, 0.4) is 0 Å². The molecular formula is C8H13ClN2S. The van der Waals surface area contributed by atoms with Crippen molar-refractivity contribution in [2.75, 3.05) is 11.2 Å². The van der Waals surface area contributed by atoms with Gasteiger partial charge in [-0.3, -0.25) is 0 Å². The molecule has 1 N–H and O–H groups in total. The minimum Gasteiger partial charge on any atom is -0.357 e. The number of hydrogen-bond acceptors (Lipinski definition) is 3. The van der Waals surface area contributed by atoms with Gasteiger partial charge in [0, 0.05) is 23.0 Å². The van der Waals surface area contributed by atoms with Crippen molar-refractivity contribution in [2.24, 2.45) is 0 Å². The van der Waals surface area contributed by atoms with Crippen molar-refractivity contribution in [3.63, 3.8) is 0 Å². The van der Waals surface area contributed by atoms with Crippen LogP contribution in [0.15, 0.2) is 11.6 Å². The fraction of sp³-hybridized carbons (Fsp3) is 0.625. The van der Waals surface area contributed by atoms with Crippen LogP contribution in [-0.4, -0.2) is 16.4 Å². The van der Waals surface area contributed by atoms with Crippen LogP contribution in [0.25, 0.3) is 0 Å². The fourth-order valence-corrected chi connectivity index (χ4v) is 2.05. The van der Waals surface area contributed by atoms with Crippen LogP contribution >= 0.6 is 22.9 Å². The number of rotatable bonds is 4. The molecule has 4 heteroatoms. The van der Waals surface area contributed by atoms with E-state index in [-0.39, 0.29) is 5.54 Å². The quantitative estimate of drug-likeness (QED) is 0.763. The number of nitrogens with zero attached hydrogens (tertiary/aromatic N) is 1. The molecule has 0 spiro atoms. The monoisotopic (exact) mass is 204 g/mol. The first-order chi connectivity index (χ1) is 5.64. The third kappa shape index (κ3) is 2.99. The average Bonchev–Trinajstić information content (AvgIpc) is 2.38. The average molecular weight is 205 g/mol. The fourth-order valence-electron chi connectivity index (χ4n) is 0.873. The van der Waals surface area contributed by atoms with Crippen molar-refractivity contribution in [2.45, 2.75) is 25.8 Å². The van der Waals surface area contributed by atoms with Gasteiger partial charge < -0.3 is 5.32 Å². The van der Waals surface area contributed by atoms with Gasteiger partial charge >= 0.3 is 0 Å². The maximum atomic E-state index is 5.67. The Balaban J connectivity index is 2.50. The molecule has 68 valence electrons. The van der Waals surface area contributed by atoms with E-state index in [2.05, 4.69) is 24.1 Å². The summed E-state index contributed by atoms with van der Waals surface area (Å²) in [5.41, 5.74) is 0.0413. The van der Waals surface area contributed by atoms with Crippen molar-refractivity contribution in [1.82, 2.24) is 4.98 Å². The zero-order valence-electron chi connectivity index (χ0n) is 7.30. The Morgan fingerprint density at radius 3 is 2.92 bits per heavy atom. The lowest BCUT2D eigenvalue weighted by molar-refractivity contribution is 0.550. The number of thiazole rings is 1. The number of aromatic nitrogens is 1. The normalized spacial score (nSPS) is 11.6. The summed E-state index contributed by atoms with van der Waals surface area (Å²) in [5, 5.41) is 6.24. The molecule has 0 fully saturated rings. The zero-order chi connectivity index (χ0) is 9.03. The summed E-state index contributed by atoms with van der Waals surface area (Å²) >= 11 is 7.28. The Morgan fingerprint density at radius 2 is 2.42 bits per heavy atom. The van der Waals surface area contributed by atoms with E-state index in [1.807, 2.05) is 5.38 Å². The highest BCUT2D eigenvalue weighted by Crippen LogP contribution is 2.19. The van der Waals surface area contributed by atoms with E-state index in [4.69, 9.17) is 11.6 Å². The predicted molar refractivity (Wildman–Crippen MR) is 55.2 cm³/mol. The SMILES string of the molecule is CC(C)(CCCl)Nc1nccs1. The Morgan fingerprint density at radius 1 is 1.67 bits per heavy atom. The maximum absolute atomic E-state index is 5.67. The van der Waals surface area contributed by atoms with E-state index in [1.165, 1.54) is 0 Å². The minimum atomic E-state index is 0.0413. The number of hydrogen-bond donors (Lipinski definition) is 1. The second kappa shape index (κ2) is 4.10. The van der Waals surface area contributed by atoms with Gasteiger partial charge in [0.1, 0.15) is 0 Å². The smallest absolute Gasteiger partial charge is 0.182 e. The Kier molecular flexibility index (Phi) is 3.35. The molecule has 0 atom stereocenters. The summed E-state index contributed by atoms with van der Waals surface area (Å²) in [6, 6.07) is 0. The van der Waals surface area contributed by atoms with Gasteiger partial charge in [0.05, 0.1) is 0 Å². The molecule has 12 heavy (non-hydrogen) atoms. The van der Waals surface area contributed by atoms with E-state index in [0.29, 0.717) is 5.88 Å². The van der Waals surface area contributed by atoms with Crippen LogP contribution in [0.1, 0.15) is 20.3 Å². The largest absolute Gasteiger partial charge is 0.357 e. The standard InChI is InChI=1S/C8H13ClN2S/c1-8(2,3-4-9)11-7-10-5-6-12-7/h5-6H,3-4H2,1-2H3,(H,10,11). The summed E-state index contributed by atoms with van der Waals surface area (Å²) < 4.78 is 0. The highest BCUT2D eigenvalue weighted by atomic mass is 35.5. The van der Waals surface area contributed by atoms with Crippen LogP contribution in [0, 0.1) is 0 Å². The number of nitrogens with one attached hydrogen (secondary N) is 1. The van der Waals surface area contributed by atoms with Crippen molar-refractivity contribution < 1.29 is 0 Å². The van der Waals surface area contributed by atoms with Gasteiger partial charge in [-0.1, -0.05) is 0 Å². The summed E-state index contributed by atoms with van der Waals surface area (Å²) in [7, 11) is 0. The first kappa shape index (κ1) is 9.81. The number of anilines is 1. The van der Waals surface area contributed by atoms with Crippen LogP contribution in [0.4, 0.5) is 5.13 Å². The molecular weight excluding hydrogens is 192 g/mol. The third-order valence-corrected chi connectivity index (χ3v) is 2.47. The number of halogens is 1. The van der Waals surface area contributed by atoms with Crippen molar-refractivity contribution in [3.05, 3.63) is 11.6 Å². The Labute approximate surface area is 82.0 Å². The summed E-state index contributed by atoms with van der Waals surface area (Å²) in [6.45, 7) is 4.24. The molecule has 0 aliphatic rings. The molecule has 2 nitrogen and oxygen atoms in total. The Bertz CT molecular complexity index is 221. The molecule has 0 saturated heterocycles. The topological polar surface area (TPSA) is 24.9 Å². The molecule has 1 aromatic rings. The van der Waals surface area contributed by atoms with Gasteiger partial charge in [-0.2, -0.15) is 0 Å². The lowest BCUT2D eigenvalue weighted by atomic mass is 10.0. The molecule has 1 rings (SSSR count). The predicted octanol–water partition coefficient (Wildman–Crippen LogP) is 2.96. The summed E-state index contributed by atoms with van der Waals surface area (Å²) in [4.78, 5) is 4.15. The molecule has 0 unspecified atom stereocenters. The van der Waals surface area contributed by atoms with E-state index in [9.17, 15) is 0 Å². The third-order valence-electron chi connectivity index (χ3n) is 1.60. The molecule has 0 aliphatic carbocycles. The van der Waals surface area contributed by atoms with Crippen LogP contribution in [0.2, 0.25) is 0 Å². The highest BCUT2D eigenvalue weighted by molar-refractivity contribution is 7.13. The molecule has 0 amide bonds. The molecule has 0 aliphatic heterocycles. The van der Waals surface area contributed by atoms with Crippen molar-refractivity contribution >= 4 is 28.1 Å². The van der Waals surface area contributed by atoms with E-state index in [1.54, 1.807) is 17.5 Å². The van der Waals surface area contributed by atoms with Crippen molar-refractivity contribution in [3.8, 4) is 0 Å². The van der Waals surface area contributed by atoms with Gasteiger partial charge in [-0.15, -0.1) is 22.9 Å². The highest BCUT2D eigenvalue weighted by Gasteiger charge is 2.16. The van der Waals surface area contributed by atoms with E-state index < -0.39 is 0 Å². The molecule has 0 bridgehead atoms. The van der Waals surface area contributed by atoms with Crippen LogP contribution in [-0.2, 0) is 0 Å². The van der Waals surface area contributed by atoms with E-state index >= 15 is 0 Å². The van der Waals surface area contributed by atoms with E-state index in [0.717, 1.165) is 11.6 Å². The van der Waals surface area contributed by atoms with Crippen LogP contribution < -0.4 is 5.32 Å². The van der Waals surface area contributed by atoms with Gasteiger partial charge in [0.15, 0.2) is 5.13 Å². The Hall–Kier alpha value is -0.280. The molecule has 1 aromatic heterocycles. The second-order valence-electron chi connectivity index (χ2n) is 3.29. The zero-order valence-corrected chi connectivity index (χ0v) is 8.87. The van der Waals surface area contributed by atoms with Crippen molar-refractivity contribution in [1.29, 1.82) is 0 Å². The first-order valence-corrected chi connectivity index (χ1v) is 5.29. The van der Waals surface area contributed by atoms with Gasteiger partial charge in [-0.25, -0.2) is 4.98 Å². The maximum Gasteiger partial charge on any atom is 0.182 e. The van der Waals surface area contributed by atoms with Gasteiger partial charge in [0.25, 0.3) is 0 Å². The second-order valence-corrected chi connectivity index (χ2v) is 4.56. The summed E-state index contributed by atoms with van der Waals surface area (Å²) in [5.74, 6) is 0.672. The van der Waals surface area contributed by atoms with Gasteiger partial charge in [0.2, 0.25) is 0 Å². The molecule has 1 heterocycles. The lowest BCUT2D eigenvalue weighted by Crippen LogP contribution is -2.31. The molecule has 0 saturated carbocycles. The summed E-state index contributed by atoms with van der Waals surface area (Å²) in [6.07, 6.45) is 2.73. The van der Waals surface area contributed by atoms with Gasteiger partial charge in [-0.05, 0) is 20.3 Å². The number of alkyl halides is 1.